The van der Waals surface area contributed by atoms with Crippen LogP contribution in [0.3, 0.4) is 0 Å². The van der Waals surface area contributed by atoms with E-state index in [0.717, 1.165) is 19.6 Å². The number of rotatable bonds is 8. The number of aromatic nitrogens is 1. The molecule has 0 amide bonds. The fourth-order valence-corrected chi connectivity index (χ4v) is 3.16. The molecule has 0 radical (unpaired) electrons. The molecule has 1 aromatic heterocycles. The van der Waals surface area contributed by atoms with Gasteiger partial charge in [-0.1, -0.05) is 51.6 Å². The summed E-state index contributed by atoms with van der Waals surface area (Å²) in [7, 11) is 0. The summed E-state index contributed by atoms with van der Waals surface area (Å²) in [5.41, 5.74) is 3.94. The number of quaternary nitrogens is 1. The SMILES string of the molecule is C=CC[NH+](Cc1cccn1Cc1ccc(C(C)(C)C)cc1)C(C)(C)CO. The van der Waals surface area contributed by atoms with E-state index >= 15 is 0 Å². The Hall–Kier alpha value is -1.84. The smallest absolute Gasteiger partial charge is 0.119 e. The third-order valence-electron chi connectivity index (χ3n) is 5.23. The highest BCUT2D eigenvalue weighted by Gasteiger charge is 2.29. The summed E-state index contributed by atoms with van der Waals surface area (Å²) in [4.78, 5) is 1.32. The molecule has 0 saturated carbocycles. The van der Waals surface area contributed by atoms with E-state index in [-0.39, 0.29) is 17.6 Å². The van der Waals surface area contributed by atoms with Crippen molar-refractivity contribution in [1.82, 2.24) is 4.57 Å². The number of benzene rings is 1. The first-order valence-corrected chi connectivity index (χ1v) is 9.48. The molecular formula is C23H35N2O+. The zero-order valence-corrected chi connectivity index (χ0v) is 17.0. The van der Waals surface area contributed by atoms with Crippen LogP contribution in [0, 0.1) is 0 Å². The molecule has 3 heteroatoms. The summed E-state index contributed by atoms with van der Waals surface area (Å²) in [6.45, 7) is 17.5. The van der Waals surface area contributed by atoms with Crippen molar-refractivity contribution in [3.8, 4) is 0 Å². The molecule has 0 fully saturated rings. The summed E-state index contributed by atoms with van der Waals surface area (Å²) >= 11 is 0. The van der Waals surface area contributed by atoms with Crippen molar-refractivity contribution in [2.75, 3.05) is 13.2 Å². The van der Waals surface area contributed by atoms with Crippen LogP contribution in [0.15, 0.2) is 55.3 Å². The summed E-state index contributed by atoms with van der Waals surface area (Å²) in [5, 5.41) is 9.75. The summed E-state index contributed by atoms with van der Waals surface area (Å²) in [6.07, 6.45) is 4.08. The summed E-state index contributed by atoms with van der Waals surface area (Å²) < 4.78 is 2.31. The van der Waals surface area contributed by atoms with Gasteiger partial charge in [0.25, 0.3) is 0 Å². The minimum Gasteiger partial charge on any atom is -0.390 e. The molecule has 1 aromatic carbocycles. The van der Waals surface area contributed by atoms with E-state index in [4.69, 9.17) is 0 Å². The maximum absolute atomic E-state index is 9.75. The molecule has 0 spiro atoms. The number of hydrogen-bond donors (Lipinski definition) is 2. The lowest BCUT2D eigenvalue weighted by atomic mass is 9.87. The number of hydrogen-bond acceptors (Lipinski definition) is 1. The topological polar surface area (TPSA) is 29.6 Å². The fourth-order valence-electron chi connectivity index (χ4n) is 3.16. The maximum Gasteiger partial charge on any atom is 0.119 e. The first-order valence-electron chi connectivity index (χ1n) is 9.48. The second kappa shape index (κ2) is 8.24. The highest BCUT2D eigenvalue weighted by Crippen LogP contribution is 2.22. The van der Waals surface area contributed by atoms with Crippen LogP contribution in [0.1, 0.15) is 51.4 Å². The van der Waals surface area contributed by atoms with E-state index < -0.39 is 0 Å². The van der Waals surface area contributed by atoms with Crippen LogP contribution >= 0.6 is 0 Å². The average molecular weight is 356 g/mol. The van der Waals surface area contributed by atoms with E-state index in [1.54, 1.807) is 0 Å². The number of aliphatic hydroxyl groups excluding tert-OH is 1. The van der Waals surface area contributed by atoms with Gasteiger partial charge in [0.2, 0.25) is 0 Å². The molecule has 2 rings (SSSR count). The fraction of sp³-hybridized carbons (Fsp3) is 0.478. The van der Waals surface area contributed by atoms with Gasteiger partial charge < -0.3 is 14.6 Å². The minimum atomic E-state index is -0.197. The maximum atomic E-state index is 9.75. The van der Waals surface area contributed by atoms with Crippen LogP contribution in [-0.4, -0.2) is 28.4 Å². The van der Waals surface area contributed by atoms with Gasteiger partial charge >= 0.3 is 0 Å². The number of nitrogens with one attached hydrogen (secondary N) is 1. The number of aliphatic hydroxyl groups is 1. The van der Waals surface area contributed by atoms with Gasteiger partial charge in [-0.3, -0.25) is 0 Å². The van der Waals surface area contributed by atoms with Crippen LogP contribution in [0.25, 0.3) is 0 Å². The van der Waals surface area contributed by atoms with Crippen LogP contribution in [0.4, 0.5) is 0 Å². The molecule has 0 aliphatic heterocycles. The van der Waals surface area contributed by atoms with Gasteiger partial charge in [-0.25, -0.2) is 0 Å². The van der Waals surface area contributed by atoms with E-state index in [9.17, 15) is 5.11 Å². The Balaban J connectivity index is 2.16. The van der Waals surface area contributed by atoms with Crippen LogP contribution in [0.2, 0.25) is 0 Å². The van der Waals surface area contributed by atoms with Crippen LogP contribution in [-0.2, 0) is 18.5 Å². The molecular weight excluding hydrogens is 320 g/mol. The third-order valence-corrected chi connectivity index (χ3v) is 5.23. The molecule has 142 valence electrons. The van der Waals surface area contributed by atoms with Gasteiger partial charge in [-0.2, -0.15) is 0 Å². The molecule has 1 unspecified atom stereocenters. The van der Waals surface area contributed by atoms with Crippen molar-refractivity contribution in [2.45, 2.75) is 58.7 Å². The van der Waals surface area contributed by atoms with Gasteiger partial charge in [0.1, 0.15) is 12.1 Å². The van der Waals surface area contributed by atoms with Crippen LogP contribution < -0.4 is 4.90 Å². The first kappa shape index (κ1) is 20.5. The normalized spacial score (nSPS) is 13.6. The van der Waals surface area contributed by atoms with E-state index in [1.807, 2.05) is 6.08 Å². The highest BCUT2D eigenvalue weighted by atomic mass is 16.3. The molecule has 3 nitrogen and oxygen atoms in total. The summed E-state index contributed by atoms with van der Waals surface area (Å²) in [5.74, 6) is 0. The lowest BCUT2D eigenvalue weighted by Crippen LogP contribution is -3.18. The van der Waals surface area contributed by atoms with Gasteiger partial charge in [0.15, 0.2) is 0 Å². The molecule has 2 N–H and O–H groups in total. The lowest BCUT2D eigenvalue weighted by molar-refractivity contribution is -0.957. The largest absolute Gasteiger partial charge is 0.390 e. The van der Waals surface area contributed by atoms with Gasteiger partial charge in [0, 0.05) is 12.7 Å². The van der Waals surface area contributed by atoms with Crippen molar-refractivity contribution in [1.29, 1.82) is 0 Å². The predicted molar refractivity (Wildman–Crippen MR) is 110 cm³/mol. The Kier molecular flexibility index (Phi) is 6.48. The molecule has 0 aliphatic rings. The Bertz CT molecular complexity index is 705. The highest BCUT2D eigenvalue weighted by molar-refractivity contribution is 5.28. The van der Waals surface area contributed by atoms with E-state index in [1.165, 1.54) is 21.7 Å². The minimum absolute atomic E-state index is 0.158. The molecule has 1 heterocycles. The van der Waals surface area contributed by atoms with Gasteiger partial charge in [-0.05, 0) is 48.6 Å². The Morgan fingerprint density at radius 3 is 2.27 bits per heavy atom. The molecule has 0 aliphatic carbocycles. The molecule has 0 bridgehead atoms. The van der Waals surface area contributed by atoms with Gasteiger partial charge in [0.05, 0.1) is 18.8 Å². The van der Waals surface area contributed by atoms with Crippen LogP contribution in [0.5, 0.6) is 0 Å². The zero-order chi connectivity index (χ0) is 19.4. The van der Waals surface area contributed by atoms with Crippen molar-refractivity contribution < 1.29 is 10.0 Å². The summed E-state index contributed by atoms with van der Waals surface area (Å²) in [6, 6.07) is 13.2. The van der Waals surface area contributed by atoms with Crippen molar-refractivity contribution >= 4 is 0 Å². The first-order chi connectivity index (χ1) is 12.2. The van der Waals surface area contributed by atoms with E-state index in [2.05, 4.69) is 88.4 Å². The Morgan fingerprint density at radius 1 is 1.08 bits per heavy atom. The van der Waals surface area contributed by atoms with Crippen molar-refractivity contribution in [2.24, 2.45) is 0 Å². The van der Waals surface area contributed by atoms with Crippen molar-refractivity contribution in [3.63, 3.8) is 0 Å². The third kappa shape index (κ3) is 5.09. The second-order valence-electron chi connectivity index (χ2n) is 8.89. The number of nitrogens with zero attached hydrogens (tertiary/aromatic N) is 1. The average Bonchev–Trinajstić information content (AvgIpc) is 3.01. The predicted octanol–water partition coefficient (Wildman–Crippen LogP) is 3.18. The Labute approximate surface area is 159 Å². The molecule has 26 heavy (non-hydrogen) atoms. The standard InChI is InChI=1S/C23H34N2O/c1-7-14-25(23(5,6)18-26)17-21-9-8-15-24(21)16-19-10-12-20(13-11-19)22(2,3)4/h7-13,15,26H,1,14,16-18H2,2-6H3/p+1. The monoisotopic (exact) mass is 355 g/mol. The molecule has 1 atom stereocenters. The second-order valence-corrected chi connectivity index (χ2v) is 8.89. The quantitative estimate of drug-likeness (QED) is 0.700. The van der Waals surface area contributed by atoms with E-state index in [0.29, 0.717) is 0 Å². The lowest BCUT2D eigenvalue weighted by Gasteiger charge is -2.33. The Morgan fingerprint density at radius 2 is 1.73 bits per heavy atom. The zero-order valence-electron chi connectivity index (χ0n) is 17.0. The van der Waals surface area contributed by atoms with Gasteiger partial charge in [-0.15, -0.1) is 0 Å². The molecule has 2 aromatic rings. The molecule has 0 saturated heterocycles. The van der Waals surface area contributed by atoms with Crippen molar-refractivity contribution in [3.05, 3.63) is 72.1 Å².